The van der Waals surface area contributed by atoms with Crippen molar-refractivity contribution >= 4 is 52.9 Å². The van der Waals surface area contributed by atoms with E-state index >= 15 is 0 Å². The lowest BCUT2D eigenvalue weighted by molar-refractivity contribution is -0.136. The molecule has 3 aromatic rings. The molecule has 8 nitrogen and oxygen atoms in total. The van der Waals surface area contributed by atoms with Gasteiger partial charge in [-0.2, -0.15) is 5.10 Å². The Bertz CT molecular complexity index is 1230. The summed E-state index contributed by atoms with van der Waals surface area (Å²) >= 11 is 11.7. The maximum Gasteiger partial charge on any atom is 0.343 e. The van der Waals surface area contributed by atoms with Gasteiger partial charge in [-0.05, 0) is 61.0 Å². The number of nitrogens with one attached hydrogen (secondary N) is 2. The van der Waals surface area contributed by atoms with E-state index in [4.69, 9.17) is 32.7 Å². The maximum atomic E-state index is 12.3. The van der Waals surface area contributed by atoms with E-state index in [9.17, 15) is 14.4 Å². The molecule has 34 heavy (non-hydrogen) atoms. The number of carbonyl (C=O) groups is 3. The largest absolute Gasteiger partial charge is 0.490 e. The minimum Gasteiger partial charge on any atom is -0.490 e. The van der Waals surface area contributed by atoms with Gasteiger partial charge in [0.1, 0.15) is 0 Å². The lowest BCUT2D eigenvalue weighted by Crippen LogP contribution is -2.32. The van der Waals surface area contributed by atoms with Gasteiger partial charge < -0.3 is 14.8 Å². The molecule has 3 rings (SSSR count). The van der Waals surface area contributed by atoms with Crippen LogP contribution in [0, 0.1) is 0 Å². The zero-order valence-electron chi connectivity index (χ0n) is 17.9. The third-order valence-corrected chi connectivity index (χ3v) is 4.98. The number of rotatable bonds is 7. The van der Waals surface area contributed by atoms with E-state index in [1.807, 2.05) is 0 Å². The zero-order valence-corrected chi connectivity index (χ0v) is 19.4. The molecule has 0 heterocycles. The van der Waals surface area contributed by atoms with Crippen LogP contribution in [0.5, 0.6) is 11.5 Å². The van der Waals surface area contributed by atoms with Crippen molar-refractivity contribution in [2.75, 3.05) is 11.9 Å². The highest BCUT2D eigenvalue weighted by Crippen LogP contribution is 2.29. The number of ether oxygens (including phenoxy) is 2. The number of benzene rings is 3. The minimum atomic E-state index is -0.985. The van der Waals surface area contributed by atoms with Gasteiger partial charge in [0.15, 0.2) is 11.5 Å². The quantitative estimate of drug-likeness (QED) is 0.161. The second-order valence-corrected chi connectivity index (χ2v) is 7.49. The van der Waals surface area contributed by atoms with Crippen molar-refractivity contribution in [2.24, 2.45) is 5.10 Å². The molecule has 10 heteroatoms. The van der Waals surface area contributed by atoms with E-state index in [-0.39, 0.29) is 10.8 Å². The summed E-state index contributed by atoms with van der Waals surface area (Å²) in [4.78, 5) is 36.3. The number of carbonyl (C=O) groups excluding carboxylic acids is 3. The SMILES string of the molecule is CCOc1cc(/C=N/NC(=O)C(=O)Nc2ccc(Cl)c(Cl)c2)ccc1OC(=O)c1ccccc1. The topological polar surface area (TPSA) is 106 Å². The van der Waals surface area contributed by atoms with E-state index in [1.165, 1.54) is 24.4 Å². The third-order valence-electron chi connectivity index (χ3n) is 4.24. The Labute approximate surface area is 205 Å². The van der Waals surface area contributed by atoms with Gasteiger partial charge in [0.25, 0.3) is 0 Å². The molecular weight excluding hydrogens is 481 g/mol. The molecule has 0 saturated heterocycles. The molecule has 0 aliphatic rings. The molecule has 0 radical (unpaired) electrons. The predicted molar refractivity (Wildman–Crippen MR) is 130 cm³/mol. The van der Waals surface area contributed by atoms with Crippen LogP contribution >= 0.6 is 23.2 Å². The summed E-state index contributed by atoms with van der Waals surface area (Å²) in [6, 6.07) is 17.7. The second-order valence-electron chi connectivity index (χ2n) is 6.68. The molecule has 0 unspecified atom stereocenters. The van der Waals surface area contributed by atoms with Gasteiger partial charge in [0, 0.05) is 5.69 Å². The van der Waals surface area contributed by atoms with Crippen molar-refractivity contribution in [3.8, 4) is 11.5 Å². The summed E-state index contributed by atoms with van der Waals surface area (Å²) in [6.07, 6.45) is 1.32. The Kier molecular flexibility index (Phi) is 8.61. The Morgan fingerprint density at radius 2 is 1.68 bits per heavy atom. The highest BCUT2D eigenvalue weighted by Gasteiger charge is 2.15. The normalized spacial score (nSPS) is 10.6. The summed E-state index contributed by atoms with van der Waals surface area (Å²) in [5.74, 6) is -1.89. The minimum absolute atomic E-state index is 0.234. The van der Waals surface area contributed by atoms with Crippen molar-refractivity contribution < 1.29 is 23.9 Å². The number of amides is 2. The zero-order chi connectivity index (χ0) is 24.5. The van der Waals surface area contributed by atoms with Crippen LogP contribution in [-0.2, 0) is 9.59 Å². The Morgan fingerprint density at radius 3 is 2.38 bits per heavy atom. The standard InChI is InChI=1S/C24H19Cl2N3O5/c1-2-33-21-12-15(8-11-20(21)34-24(32)16-6-4-3-5-7-16)14-27-29-23(31)22(30)28-17-9-10-18(25)19(26)13-17/h3-14H,2H2,1H3,(H,28,30)(H,29,31)/b27-14+. The van der Waals surface area contributed by atoms with E-state index in [0.717, 1.165) is 0 Å². The molecule has 2 N–H and O–H groups in total. The number of anilines is 1. The molecule has 0 fully saturated rings. The van der Waals surface area contributed by atoms with E-state index in [0.29, 0.717) is 34.2 Å². The van der Waals surface area contributed by atoms with Gasteiger partial charge in [0.2, 0.25) is 0 Å². The van der Waals surface area contributed by atoms with Gasteiger partial charge in [-0.3, -0.25) is 9.59 Å². The van der Waals surface area contributed by atoms with Crippen LogP contribution in [0.15, 0.2) is 71.8 Å². The Balaban J connectivity index is 1.62. The third kappa shape index (κ3) is 6.81. The van der Waals surface area contributed by atoms with Crippen LogP contribution in [0.3, 0.4) is 0 Å². The monoisotopic (exact) mass is 499 g/mol. The van der Waals surface area contributed by atoms with Crippen molar-refractivity contribution in [1.82, 2.24) is 5.43 Å². The molecule has 0 aromatic heterocycles. The summed E-state index contributed by atoms with van der Waals surface area (Å²) in [5.41, 5.74) is 3.37. The smallest absolute Gasteiger partial charge is 0.343 e. The van der Waals surface area contributed by atoms with Crippen LogP contribution in [0.2, 0.25) is 10.0 Å². The fourth-order valence-corrected chi connectivity index (χ4v) is 2.97. The lowest BCUT2D eigenvalue weighted by Gasteiger charge is -2.11. The van der Waals surface area contributed by atoms with Crippen LogP contribution < -0.4 is 20.2 Å². The Morgan fingerprint density at radius 1 is 0.912 bits per heavy atom. The molecular formula is C24H19Cl2N3O5. The maximum absolute atomic E-state index is 12.3. The second kappa shape index (κ2) is 11.8. The summed E-state index contributed by atoms with van der Waals surface area (Å²) in [7, 11) is 0. The molecule has 0 aliphatic carbocycles. The van der Waals surface area contributed by atoms with Gasteiger partial charge >= 0.3 is 17.8 Å². The first-order valence-electron chi connectivity index (χ1n) is 10.0. The first-order chi connectivity index (χ1) is 16.4. The number of hydrogen-bond acceptors (Lipinski definition) is 6. The lowest BCUT2D eigenvalue weighted by atomic mass is 10.2. The van der Waals surface area contributed by atoms with Gasteiger partial charge in [-0.1, -0.05) is 41.4 Å². The fraction of sp³-hybridized carbons (Fsp3) is 0.0833. The summed E-state index contributed by atoms with van der Waals surface area (Å²) < 4.78 is 11.0. The van der Waals surface area contributed by atoms with Crippen LogP contribution in [-0.4, -0.2) is 30.6 Å². The van der Waals surface area contributed by atoms with Crippen molar-refractivity contribution in [2.45, 2.75) is 6.92 Å². The molecule has 0 bridgehead atoms. The number of halogens is 2. The molecule has 2 amide bonds. The molecule has 174 valence electrons. The van der Waals surface area contributed by atoms with Gasteiger partial charge in [-0.15, -0.1) is 0 Å². The first-order valence-corrected chi connectivity index (χ1v) is 10.8. The molecule has 0 atom stereocenters. The number of esters is 1. The summed E-state index contributed by atoms with van der Waals surface area (Å²) in [6.45, 7) is 2.12. The fourth-order valence-electron chi connectivity index (χ4n) is 2.67. The van der Waals surface area contributed by atoms with E-state index in [1.54, 1.807) is 55.5 Å². The van der Waals surface area contributed by atoms with Crippen LogP contribution in [0.4, 0.5) is 5.69 Å². The van der Waals surface area contributed by atoms with Crippen molar-refractivity contribution in [3.05, 3.63) is 87.9 Å². The highest BCUT2D eigenvalue weighted by molar-refractivity contribution is 6.43. The average Bonchev–Trinajstić information content (AvgIpc) is 2.83. The van der Waals surface area contributed by atoms with E-state index in [2.05, 4.69) is 15.8 Å². The molecule has 0 spiro atoms. The highest BCUT2D eigenvalue weighted by atomic mass is 35.5. The van der Waals surface area contributed by atoms with E-state index < -0.39 is 17.8 Å². The first kappa shape index (κ1) is 24.8. The van der Waals surface area contributed by atoms with Crippen molar-refractivity contribution in [3.63, 3.8) is 0 Å². The number of hydrazone groups is 1. The van der Waals surface area contributed by atoms with Gasteiger partial charge in [0.05, 0.1) is 28.4 Å². The van der Waals surface area contributed by atoms with Gasteiger partial charge in [-0.25, -0.2) is 10.2 Å². The van der Waals surface area contributed by atoms with Crippen LogP contribution in [0.25, 0.3) is 0 Å². The van der Waals surface area contributed by atoms with Crippen molar-refractivity contribution in [1.29, 1.82) is 0 Å². The summed E-state index contributed by atoms with van der Waals surface area (Å²) in [5, 5.41) is 6.72. The number of hydrogen-bond donors (Lipinski definition) is 2. The number of nitrogens with zero attached hydrogens (tertiary/aromatic N) is 1. The van der Waals surface area contributed by atoms with Crippen LogP contribution in [0.1, 0.15) is 22.8 Å². The Hall–Kier alpha value is -3.88. The average molecular weight is 500 g/mol. The molecule has 0 aliphatic heterocycles. The molecule has 0 saturated carbocycles. The molecule has 3 aromatic carbocycles. The predicted octanol–water partition coefficient (Wildman–Crippen LogP) is 4.70.